The highest BCUT2D eigenvalue weighted by molar-refractivity contribution is 7.81. The maximum atomic E-state index is 13.5. The van der Waals surface area contributed by atoms with E-state index >= 15 is 0 Å². The van der Waals surface area contributed by atoms with Crippen molar-refractivity contribution in [3.8, 4) is 0 Å². The predicted molar refractivity (Wildman–Crippen MR) is 116 cm³/mol. The van der Waals surface area contributed by atoms with Crippen LogP contribution < -0.4 is 15.1 Å². The molecule has 1 heterocycles. The maximum Gasteiger partial charge on any atom is 0.259 e. The third kappa shape index (κ3) is 2.70. The second-order valence-electron chi connectivity index (χ2n) is 7.42. The number of nitrogens with one attached hydrogen (secondary N) is 1. The number of aryl methyl sites for hydroxylation is 1. The summed E-state index contributed by atoms with van der Waals surface area (Å²) in [5.41, 5.74) is 3.74. The minimum absolute atomic E-state index is 0.0398. The summed E-state index contributed by atoms with van der Waals surface area (Å²) >= 11 is 5.80. The van der Waals surface area contributed by atoms with Gasteiger partial charge in [-0.25, -0.2) is 4.85 Å². The normalized spacial score (nSPS) is 17.8. The molecule has 142 valence electrons. The molecule has 2 aromatic rings. The van der Waals surface area contributed by atoms with Gasteiger partial charge >= 0.3 is 0 Å². The molecule has 1 saturated heterocycles. The number of benzene rings is 2. The van der Waals surface area contributed by atoms with Crippen LogP contribution in [0.4, 0.5) is 17.1 Å². The van der Waals surface area contributed by atoms with Gasteiger partial charge in [0.25, 0.3) is 5.91 Å². The number of carbonyl (C=O) groups is 1. The van der Waals surface area contributed by atoms with Crippen LogP contribution in [0.2, 0.25) is 0 Å². The average Bonchev–Trinajstić information content (AvgIpc) is 2.89. The van der Waals surface area contributed by atoms with Crippen molar-refractivity contribution in [1.29, 1.82) is 0 Å². The highest BCUT2D eigenvalue weighted by atomic mass is 32.1. The van der Waals surface area contributed by atoms with Crippen LogP contribution in [0.3, 0.4) is 0 Å². The lowest BCUT2D eigenvalue weighted by Gasteiger charge is -2.43. The summed E-state index contributed by atoms with van der Waals surface area (Å²) in [6.07, 6.45) is 2.63. The van der Waals surface area contributed by atoms with Gasteiger partial charge in [-0.15, -0.1) is 0 Å². The second-order valence-corrected chi connectivity index (χ2v) is 7.79. The van der Waals surface area contributed by atoms with Gasteiger partial charge in [0.05, 0.1) is 6.57 Å². The maximum absolute atomic E-state index is 13.5. The molecule has 0 radical (unpaired) electrons. The molecule has 2 fully saturated rings. The standard InChI is InChI=1S/C22H22N4OS/c1-15-13-18(9-10-19(15)24-3)25-20(27)22(11-4-12-22)26(21(25)28)17-7-5-16(6-8-17)14-23-2/h5-10,13,23H,4,11-12,14H2,1-2H3. The number of rotatable bonds is 4. The van der Waals surface area contributed by atoms with E-state index in [0.717, 1.165) is 42.7 Å². The molecule has 6 heteroatoms. The fourth-order valence-corrected chi connectivity index (χ4v) is 4.55. The van der Waals surface area contributed by atoms with E-state index in [9.17, 15) is 4.79 Å². The highest BCUT2D eigenvalue weighted by Gasteiger charge is 2.59. The minimum atomic E-state index is -0.575. The quantitative estimate of drug-likeness (QED) is 0.623. The first-order chi connectivity index (χ1) is 13.5. The molecular formula is C22H22N4OS. The molecule has 28 heavy (non-hydrogen) atoms. The van der Waals surface area contributed by atoms with Crippen LogP contribution in [0.15, 0.2) is 42.5 Å². The number of amides is 1. The van der Waals surface area contributed by atoms with E-state index in [2.05, 4.69) is 22.3 Å². The molecule has 1 saturated carbocycles. The molecular weight excluding hydrogens is 368 g/mol. The highest BCUT2D eigenvalue weighted by Crippen LogP contribution is 2.48. The fourth-order valence-electron chi connectivity index (χ4n) is 4.08. The first-order valence-corrected chi connectivity index (χ1v) is 9.83. The molecule has 5 nitrogen and oxygen atoms in total. The van der Waals surface area contributed by atoms with Crippen molar-refractivity contribution >= 4 is 40.3 Å². The zero-order valence-corrected chi connectivity index (χ0v) is 16.8. The Bertz CT molecular complexity index is 989. The summed E-state index contributed by atoms with van der Waals surface area (Å²) in [5, 5.41) is 3.66. The van der Waals surface area contributed by atoms with Crippen molar-refractivity contribution in [2.24, 2.45) is 0 Å². The summed E-state index contributed by atoms with van der Waals surface area (Å²) in [4.78, 5) is 20.7. The van der Waals surface area contributed by atoms with Gasteiger partial charge in [0, 0.05) is 17.9 Å². The van der Waals surface area contributed by atoms with Gasteiger partial charge in [0.15, 0.2) is 10.8 Å². The Labute approximate surface area is 170 Å². The first-order valence-electron chi connectivity index (χ1n) is 9.42. The predicted octanol–water partition coefficient (Wildman–Crippen LogP) is 4.33. The summed E-state index contributed by atoms with van der Waals surface area (Å²) in [6, 6.07) is 13.7. The van der Waals surface area contributed by atoms with Gasteiger partial charge < -0.3 is 10.2 Å². The molecule has 1 N–H and O–H groups in total. The SMILES string of the molecule is [C-]#[N+]c1ccc(N2C(=O)C3(CCC3)N(c3ccc(CNC)cc3)C2=S)cc1C. The van der Waals surface area contributed by atoms with Crippen molar-refractivity contribution in [3.05, 3.63) is 65.0 Å². The smallest absolute Gasteiger partial charge is 0.259 e. The third-order valence-electron chi connectivity index (χ3n) is 5.73. The van der Waals surface area contributed by atoms with E-state index in [-0.39, 0.29) is 5.91 Å². The van der Waals surface area contributed by atoms with Gasteiger partial charge in [-0.05, 0) is 80.8 Å². The molecule has 0 atom stereocenters. The van der Waals surface area contributed by atoms with Gasteiger partial charge in [0.1, 0.15) is 5.54 Å². The van der Waals surface area contributed by atoms with Crippen LogP contribution in [-0.4, -0.2) is 23.6 Å². The van der Waals surface area contributed by atoms with Gasteiger partial charge in [-0.2, -0.15) is 0 Å². The molecule has 4 rings (SSSR count). The molecule has 1 aliphatic carbocycles. The Kier molecular flexibility index (Phi) is 4.66. The van der Waals surface area contributed by atoms with E-state index in [0.29, 0.717) is 10.8 Å². The Morgan fingerprint density at radius 1 is 1.18 bits per heavy atom. The number of anilines is 2. The van der Waals surface area contributed by atoms with Crippen LogP contribution in [0.25, 0.3) is 4.85 Å². The van der Waals surface area contributed by atoms with Gasteiger partial charge in [-0.3, -0.25) is 9.69 Å². The van der Waals surface area contributed by atoms with Crippen molar-refractivity contribution in [2.45, 2.75) is 38.3 Å². The molecule has 0 bridgehead atoms. The van der Waals surface area contributed by atoms with Gasteiger partial charge in [0.2, 0.25) is 0 Å². The van der Waals surface area contributed by atoms with Crippen molar-refractivity contribution < 1.29 is 4.79 Å². The Balaban J connectivity index is 1.74. The number of carbonyl (C=O) groups excluding carboxylic acids is 1. The van der Waals surface area contributed by atoms with Crippen LogP contribution in [0, 0.1) is 13.5 Å². The summed E-state index contributed by atoms with van der Waals surface area (Å²) in [6.45, 7) is 9.93. The molecule has 1 spiro atoms. The van der Waals surface area contributed by atoms with E-state index < -0.39 is 5.54 Å². The number of hydrogen-bond acceptors (Lipinski definition) is 3. The van der Waals surface area contributed by atoms with Crippen molar-refractivity contribution in [3.63, 3.8) is 0 Å². The van der Waals surface area contributed by atoms with Crippen molar-refractivity contribution in [2.75, 3.05) is 16.8 Å². The van der Waals surface area contributed by atoms with Crippen LogP contribution >= 0.6 is 12.2 Å². The first kappa shape index (κ1) is 18.6. The summed E-state index contributed by atoms with van der Waals surface area (Å²) in [5.74, 6) is 0.0398. The molecule has 2 aromatic carbocycles. The lowest BCUT2D eigenvalue weighted by molar-refractivity contribution is -0.123. The summed E-state index contributed by atoms with van der Waals surface area (Å²) < 4.78 is 0. The van der Waals surface area contributed by atoms with Crippen LogP contribution in [0.5, 0.6) is 0 Å². The Morgan fingerprint density at radius 2 is 1.86 bits per heavy atom. The number of hydrogen-bond donors (Lipinski definition) is 1. The van der Waals surface area contributed by atoms with E-state index in [1.165, 1.54) is 5.56 Å². The van der Waals surface area contributed by atoms with Crippen LogP contribution in [-0.2, 0) is 11.3 Å². The Morgan fingerprint density at radius 3 is 2.39 bits per heavy atom. The molecule has 0 unspecified atom stereocenters. The largest absolute Gasteiger partial charge is 0.316 e. The van der Waals surface area contributed by atoms with Crippen molar-refractivity contribution in [1.82, 2.24) is 5.32 Å². The van der Waals surface area contributed by atoms with E-state index in [4.69, 9.17) is 18.8 Å². The number of thiocarbonyl (C=S) groups is 1. The van der Waals surface area contributed by atoms with E-state index in [1.54, 1.807) is 11.0 Å². The monoisotopic (exact) mass is 390 g/mol. The van der Waals surface area contributed by atoms with Crippen LogP contribution in [0.1, 0.15) is 30.4 Å². The summed E-state index contributed by atoms with van der Waals surface area (Å²) in [7, 11) is 1.92. The fraction of sp³-hybridized carbons (Fsp3) is 0.318. The third-order valence-corrected chi connectivity index (χ3v) is 6.09. The molecule has 0 aromatic heterocycles. The lowest BCUT2D eigenvalue weighted by Crippen LogP contribution is -2.55. The van der Waals surface area contributed by atoms with E-state index in [1.807, 2.05) is 43.1 Å². The molecule has 1 amide bonds. The van der Waals surface area contributed by atoms with Gasteiger partial charge in [-0.1, -0.05) is 18.2 Å². The zero-order chi connectivity index (χ0) is 19.9. The topological polar surface area (TPSA) is 39.9 Å². The molecule has 1 aliphatic heterocycles. The zero-order valence-electron chi connectivity index (χ0n) is 16.0. The lowest BCUT2D eigenvalue weighted by atomic mass is 9.75. The average molecular weight is 391 g/mol. The second kappa shape index (κ2) is 7.01. The molecule has 2 aliphatic rings. The Hall–Kier alpha value is -2.75. The minimum Gasteiger partial charge on any atom is -0.316 e. The number of nitrogens with zero attached hydrogens (tertiary/aromatic N) is 3.